The minimum atomic E-state index is 0.448. The molecule has 35 heavy (non-hydrogen) atoms. The van der Waals surface area contributed by atoms with Crippen molar-refractivity contribution in [1.82, 2.24) is 0 Å². The molecule has 0 aliphatic rings. The van der Waals surface area contributed by atoms with Crippen LogP contribution in [0.15, 0.2) is 26.0 Å². The number of aryl methyl sites for hydroxylation is 2. The summed E-state index contributed by atoms with van der Waals surface area (Å²) in [7, 11) is 0. The van der Waals surface area contributed by atoms with E-state index in [1.165, 1.54) is 12.2 Å². The van der Waals surface area contributed by atoms with Gasteiger partial charge in [0.25, 0.3) is 0 Å². The van der Waals surface area contributed by atoms with Crippen LogP contribution in [-0.4, -0.2) is 24.3 Å². The topological polar surface area (TPSA) is 118 Å². The second-order valence-electron chi connectivity index (χ2n) is 7.35. The first-order valence-corrected chi connectivity index (χ1v) is 11.5. The summed E-state index contributed by atoms with van der Waals surface area (Å²) in [5.41, 5.74) is 6.94. The molecule has 0 spiro atoms. The van der Waals surface area contributed by atoms with Crippen molar-refractivity contribution in [2.45, 2.75) is 67.2 Å². The molecule has 0 aromatic heterocycles. The molecule has 182 valence electrons. The molecule has 0 saturated carbocycles. The average molecular weight is 495 g/mol. The number of halogens is 1. The molecule has 0 bridgehead atoms. The van der Waals surface area contributed by atoms with Crippen LogP contribution < -0.4 is 0 Å². The fourth-order valence-corrected chi connectivity index (χ4v) is 4.24. The zero-order chi connectivity index (χ0) is 26.5. The average Bonchev–Trinajstić information content (AvgIpc) is 2.85. The summed E-state index contributed by atoms with van der Waals surface area (Å²) in [4.78, 5) is 56.7. The molecule has 0 N–H and O–H groups in total. The Labute approximate surface area is 209 Å². The molecule has 0 aliphatic carbocycles. The summed E-state index contributed by atoms with van der Waals surface area (Å²) in [5, 5.41) is 0.484. The highest BCUT2D eigenvalue weighted by atomic mass is 35.5. The van der Waals surface area contributed by atoms with E-state index < -0.39 is 0 Å². The number of benzene rings is 2. The van der Waals surface area contributed by atoms with Crippen LogP contribution in [0.4, 0.5) is 22.7 Å². The van der Waals surface area contributed by atoms with Gasteiger partial charge in [0.05, 0.1) is 27.8 Å². The van der Waals surface area contributed by atoms with Crippen LogP contribution in [0.1, 0.15) is 61.1 Å². The lowest BCUT2D eigenvalue weighted by molar-refractivity contribution is 0.564. The minimum Gasteiger partial charge on any atom is -0.211 e. The van der Waals surface area contributed by atoms with E-state index in [4.69, 9.17) is 11.6 Å². The van der Waals surface area contributed by atoms with E-state index in [0.29, 0.717) is 52.6 Å². The Morgan fingerprint density at radius 1 is 0.629 bits per heavy atom. The first kappa shape index (κ1) is 29.3. The van der Waals surface area contributed by atoms with Crippen molar-refractivity contribution in [3.8, 4) is 0 Å². The molecule has 8 nitrogen and oxygen atoms in total. The third-order valence-electron chi connectivity index (χ3n) is 5.52. The molecule has 2 aromatic carbocycles. The van der Waals surface area contributed by atoms with E-state index in [9.17, 15) is 19.2 Å². The van der Waals surface area contributed by atoms with Gasteiger partial charge in [-0.1, -0.05) is 45.4 Å². The van der Waals surface area contributed by atoms with Crippen LogP contribution in [0, 0.1) is 13.8 Å². The number of carbonyl (C=O) groups excluding carboxylic acids is 4. The van der Waals surface area contributed by atoms with E-state index >= 15 is 0 Å². The minimum absolute atomic E-state index is 0.448. The van der Waals surface area contributed by atoms with Crippen molar-refractivity contribution >= 4 is 58.7 Å². The van der Waals surface area contributed by atoms with Crippen molar-refractivity contribution in [2.75, 3.05) is 0 Å². The lowest BCUT2D eigenvalue weighted by Crippen LogP contribution is -1.95. The van der Waals surface area contributed by atoms with Crippen molar-refractivity contribution in [3.63, 3.8) is 0 Å². The summed E-state index contributed by atoms with van der Waals surface area (Å²) in [6.07, 6.45) is 8.77. The van der Waals surface area contributed by atoms with Crippen molar-refractivity contribution in [3.05, 3.63) is 44.5 Å². The van der Waals surface area contributed by atoms with Gasteiger partial charge in [0, 0.05) is 11.1 Å². The van der Waals surface area contributed by atoms with Crippen LogP contribution in [-0.2, 0) is 44.9 Å². The van der Waals surface area contributed by atoms with Gasteiger partial charge in [0.1, 0.15) is 0 Å². The Morgan fingerprint density at radius 3 is 1.51 bits per heavy atom. The zero-order valence-corrected chi connectivity index (χ0v) is 21.5. The van der Waals surface area contributed by atoms with Crippen LogP contribution in [0.25, 0.3) is 0 Å². The Bertz CT molecular complexity index is 1290. The molecule has 0 unspecified atom stereocenters. The van der Waals surface area contributed by atoms with Gasteiger partial charge < -0.3 is 0 Å². The number of isocyanates is 4. The monoisotopic (exact) mass is 494 g/mol. The molecule has 0 saturated heterocycles. The maximum atomic E-state index is 10.5. The molecule has 0 amide bonds. The summed E-state index contributed by atoms with van der Waals surface area (Å²) >= 11 is 6.22. The molecule has 0 fully saturated rings. The Kier molecular flexibility index (Phi) is 12.1. The number of nitrogens with zero attached hydrogens (tertiary/aromatic N) is 4. The summed E-state index contributed by atoms with van der Waals surface area (Å²) in [6.45, 7) is 11.4. The van der Waals surface area contributed by atoms with Crippen LogP contribution in [0.2, 0.25) is 5.02 Å². The number of hydrogen-bond acceptors (Lipinski definition) is 8. The standard InChI is InChI=1S/C13H13ClN2O2.C13H14N2O2/c1-4-9-11(14)8(3)12(15-6-17)10(5-2)13(9)16-7-18;1-4-10-6-9(3)12(14-7-16)11(5-2)13(10)15-8-17/h4-5H2,1-3H3;6H,4-5H2,1-3H3. The maximum Gasteiger partial charge on any atom is 0.240 e. The van der Waals surface area contributed by atoms with E-state index in [0.717, 1.165) is 34.2 Å². The highest BCUT2D eigenvalue weighted by Crippen LogP contribution is 2.42. The van der Waals surface area contributed by atoms with Crippen LogP contribution >= 0.6 is 11.6 Å². The summed E-state index contributed by atoms with van der Waals surface area (Å²) < 4.78 is 0. The van der Waals surface area contributed by atoms with Gasteiger partial charge in [-0.2, -0.15) is 20.0 Å². The number of hydrogen-bond donors (Lipinski definition) is 0. The van der Waals surface area contributed by atoms with Gasteiger partial charge in [0.2, 0.25) is 24.3 Å². The van der Waals surface area contributed by atoms with Gasteiger partial charge in [0.15, 0.2) is 0 Å². The lowest BCUT2D eigenvalue weighted by atomic mass is 9.97. The summed E-state index contributed by atoms with van der Waals surface area (Å²) in [5.74, 6) is 0. The predicted molar refractivity (Wildman–Crippen MR) is 136 cm³/mol. The van der Waals surface area contributed by atoms with Crippen molar-refractivity contribution in [1.29, 1.82) is 0 Å². The van der Waals surface area contributed by atoms with Gasteiger partial charge in [-0.25, -0.2) is 19.2 Å². The molecular weight excluding hydrogens is 468 g/mol. The number of aliphatic imine (C=N–C) groups is 4. The predicted octanol–water partition coefficient (Wildman–Crippen LogP) is 6.76. The normalized spacial score (nSPS) is 9.46. The molecule has 0 radical (unpaired) electrons. The van der Waals surface area contributed by atoms with Gasteiger partial charge in [-0.05, 0) is 61.8 Å². The van der Waals surface area contributed by atoms with E-state index in [2.05, 4.69) is 20.0 Å². The van der Waals surface area contributed by atoms with E-state index in [-0.39, 0.29) is 0 Å². The lowest BCUT2D eigenvalue weighted by Gasteiger charge is -2.15. The molecule has 0 heterocycles. The highest BCUT2D eigenvalue weighted by Gasteiger charge is 2.19. The maximum absolute atomic E-state index is 10.5. The highest BCUT2D eigenvalue weighted by molar-refractivity contribution is 6.33. The van der Waals surface area contributed by atoms with Gasteiger partial charge >= 0.3 is 0 Å². The summed E-state index contributed by atoms with van der Waals surface area (Å²) in [6, 6.07) is 1.89. The SMILES string of the molecule is CCc1c(Cl)c(C)c(N=C=O)c(CC)c1N=C=O.CCc1cc(C)c(N=C=O)c(CC)c1N=C=O. The Balaban J connectivity index is 0.000000351. The molecule has 0 atom stereocenters. The Hall–Kier alpha value is -3.75. The quantitative estimate of drug-likeness (QED) is 0.297. The van der Waals surface area contributed by atoms with Gasteiger partial charge in [-0.15, -0.1) is 0 Å². The van der Waals surface area contributed by atoms with Crippen LogP contribution in [0.3, 0.4) is 0 Å². The Morgan fingerprint density at radius 2 is 1.06 bits per heavy atom. The molecule has 9 heteroatoms. The molecular formula is C26H27ClN4O4. The van der Waals surface area contributed by atoms with E-state index in [1.54, 1.807) is 19.1 Å². The van der Waals surface area contributed by atoms with Crippen LogP contribution in [0.5, 0.6) is 0 Å². The smallest absolute Gasteiger partial charge is 0.211 e. The first-order chi connectivity index (χ1) is 16.8. The largest absolute Gasteiger partial charge is 0.240 e. The fraction of sp³-hybridized carbons (Fsp3) is 0.385. The number of rotatable bonds is 8. The van der Waals surface area contributed by atoms with E-state index in [1.807, 2.05) is 40.7 Å². The molecule has 2 aromatic rings. The molecule has 2 rings (SSSR count). The molecule has 0 aliphatic heterocycles. The second kappa shape index (κ2) is 14.5. The van der Waals surface area contributed by atoms with Gasteiger partial charge in [-0.3, -0.25) is 0 Å². The van der Waals surface area contributed by atoms with Crippen molar-refractivity contribution < 1.29 is 19.2 Å². The third kappa shape index (κ3) is 6.65. The second-order valence-corrected chi connectivity index (χ2v) is 7.73. The first-order valence-electron chi connectivity index (χ1n) is 11.1. The fourth-order valence-electron chi connectivity index (χ4n) is 3.92. The third-order valence-corrected chi connectivity index (χ3v) is 6.03. The zero-order valence-electron chi connectivity index (χ0n) is 20.7. The van der Waals surface area contributed by atoms with Crippen molar-refractivity contribution in [2.24, 2.45) is 20.0 Å².